The minimum atomic E-state index is 0.128. The summed E-state index contributed by atoms with van der Waals surface area (Å²) < 4.78 is 0. The van der Waals surface area contributed by atoms with Crippen molar-refractivity contribution in [3.63, 3.8) is 0 Å². The Morgan fingerprint density at radius 3 is 2.83 bits per heavy atom. The highest BCUT2D eigenvalue weighted by Gasteiger charge is 2.30. The lowest BCUT2D eigenvalue weighted by molar-refractivity contribution is -0.128. The van der Waals surface area contributed by atoms with Gasteiger partial charge < -0.3 is 5.32 Å². The highest BCUT2D eigenvalue weighted by atomic mass is 16.1. The fourth-order valence-electron chi connectivity index (χ4n) is 1.50. The Balaban J connectivity index is 2.09. The van der Waals surface area contributed by atoms with Crippen molar-refractivity contribution in [2.75, 3.05) is 6.54 Å². The molecular weight excluding hydrogens is 152 g/mol. The molecule has 0 radical (unpaired) electrons. The normalized spacial score (nSPS) is 27.0. The highest BCUT2D eigenvalue weighted by Crippen LogP contribution is 2.32. The van der Waals surface area contributed by atoms with E-state index >= 15 is 0 Å². The van der Waals surface area contributed by atoms with E-state index in [0.29, 0.717) is 18.9 Å². The molecule has 1 N–H and O–H groups in total. The quantitative estimate of drug-likeness (QED) is 0.637. The molecule has 1 rings (SSSR count). The van der Waals surface area contributed by atoms with E-state index in [4.69, 9.17) is 5.26 Å². The molecule has 1 fully saturated rings. The van der Waals surface area contributed by atoms with E-state index in [1.165, 1.54) is 0 Å². The molecule has 1 saturated carbocycles. The van der Waals surface area contributed by atoms with Gasteiger partial charge in [0.25, 0.3) is 0 Å². The summed E-state index contributed by atoms with van der Waals surface area (Å²) in [4.78, 5) is 11.2. The van der Waals surface area contributed by atoms with Crippen LogP contribution in [0.1, 0.15) is 26.2 Å². The van der Waals surface area contributed by atoms with Gasteiger partial charge in [0.1, 0.15) is 0 Å². The van der Waals surface area contributed by atoms with E-state index in [1.807, 2.05) is 6.07 Å². The first-order valence-electron chi connectivity index (χ1n) is 4.38. The van der Waals surface area contributed by atoms with Crippen LogP contribution in [-0.2, 0) is 4.79 Å². The Kier molecular flexibility index (Phi) is 3.09. The maximum atomic E-state index is 11.2. The van der Waals surface area contributed by atoms with Gasteiger partial charge in [-0.3, -0.25) is 4.79 Å². The molecule has 3 heteroatoms. The zero-order valence-electron chi connectivity index (χ0n) is 7.34. The lowest BCUT2D eigenvalue weighted by Crippen LogP contribution is -2.38. The maximum absolute atomic E-state index is 11.2. The van der Waals surface area contributed by atoms with E-state index in [-0.39, 0.29) is 11.8 Å². The first-order valence-corrected chi connectivity index (χ1v) is 4.38. The van der Waals surface area contributed by atoms with Crippen LogP contribution in [0.3, 0.4) is 0 Å². The van der Waals surface area contributed by atoms with Crippen molar-refractivity contribution >= 4 is 5.91 Å². The van der Waals surface area contributed by atoms with Crippen LogP contribution in [0.5, 0.6) is 0 Å². The summed E-state index contributed by atoms with van der Waals surface area (Å²) in [6.07, 6.45) is 2.44. The van der Waals surface area contributed by atoms with E-state index in [1.54, 1.807) is 0 Å². The van der Waals surface area contributed by atoms with Crippen LogP contribution >= 0.6 is 0 Å². The van der Waals surface area contributed by atoms with Gasteiger partial charge >= 0.3 is 0 Å². The van der Waals surface area contributed by atoms with Crippen LogP contribution in [0.2, 0.25) is 0 Å². The fraction of sp³-hybridized carbons (Fsp3) is 0.778. The maximum Gasteiger partial charge on any atom is 0.223 e. The molecule has 1 aliphatic carbocycles. The third kappa shape index (κ3) is 2.23. The number of nitrogens with one attached hydrogen (secondary N) is 1. The molecule has 0 aromatic heterocycles. The summed E-state index contributed by atoms with van der Waals surface area (Å²) in [5, 5.41) is 11.0. The van der Waals surface area contributed by atoms with E-state index < -0.39 is 0 Å². The van der Waals surface area contributed by atoms with Crippen molar-refractivity contribution < 1.29 is 4.79 Å². The van der Waals surface area contributed by atoms with Crippen LogP contribution in [0.4, 0.5) is 0 Å². The van der Waals surface area contributed by atoms with Gasteiger partial charge in [0.15, 0.2) is 0 Å². The summed E-state index contributed by atoms with van der Waals surface area (Å²) in [7, 11) is 0. The SMILES string of the molecule is CC1CC(C(=O)NCCC#N)C1. The second-order valence-corrected chi connectivity index (χ2v) is 3.47. The minimum absolute atomic E-state index is 0.128. The summed E-state index contributed by atoms with van der Waals surface area (Å²) >= 11 is 0. The van der Waals surface area contributed by atoms with E-state index in [2.05, 4.69) is 12.2 Å². The Hall–Kier alpha value is -1.04. The van der Waals surface area contributed by atoms with Crippen molar-refractivity contribution in [3.8, 4) is 6.07 Å². The Morgan fingerprint density at radius 1 is 1.67 bits per heavy atom. The van der Waals surface area contributed by atoms with E-state index in [0.717, 1.165) is 12.8 Å². The van der Waals surface area contributed by atoms with Gasteiger partial charge in [0.05, 0.1) is 12.5 Å². The number of hydrogen-bond donors (Lipinski definition) is 1. The Bertz CT molecular complexity index is 201. The van der Waals surface area contributed by atoms with Crippen molar-refractivity contribution in [1.29, 1.82) is 5.26 Å². The molecule has 0 atom stereocenters. The van der Waals surface area contributed by atoms with Gasteiger partial charge in [0.2, 0.25) is 5.91 Å². The summed E-state index contributed by atoms with van der Waals surface area (Å²) in [6.45, 7) is 2.65. The molecule has 0 aromatic rings. The van der Waals surface area contributed by atoms with Crippen molar-refractivity contribution in [2.45, 2.75) is 26.2 Å². The first kappa shape index (κ1) is 9.05. The van der Waals surface area contributed by atoms with Crippen molar-refractivity contribution in [3.05, 3.63) is 0 Å². The zero-order valence-corrected chi connectivity index (χ0v) is 7.34. The van der Waals surface area contributed by atoms with Crippen LogP contribution in [-0.4, -0.2) is 12.5 Å². The molecule has 0 heterocycles. The molecule has 1 aliphatic rings. The Morgan fingerprint density at radius 2 is 2.33 bits per heavy atom. The van der Waals surface area contributed by atoms with Gasteiger partial charge in [0, 0.05) is 12.5 Å². The zero-order chi connectivity index (χ0) is 8.97. The minimum Gasteiger partial charge on any atom is -0.355 e. The lowest BCUT2D eigenvalue weighted by atomic mass is 9.76. The number of hydrogen-bond acceptors (Lipinski definition) is 2. The van der Waals surface area contributed by atoms with Gasteiger partial charge in [-0.05, 0) is 18.8 Å². The number of nitrogens with zero attached hydrogens (tertiary/aromatic N) is 1. The largest absolute Gasteiger partial charge is 0.355 e. The number of amides is 1. The fourth-order valence-corrected chi connectivity index (χ4v) is 1.50. The first-order chi connectivity index (χ1) is 5.74. The molecule has 0 unspecified atom stereocenters. The predicted octanol–water partition coefficient (Wildman–Crippen LogP) is 1.06. The van der Waals surface area contributed by atoms with Crippen LogP contribution in [0, 0.1) is 23.2 Å². The highest BCUT2D eigenvalue weighted by molar-refractivity contribution is 5.79. The monoisotopic (exact) mass is 166 g/mol. The van der Waals surface area contributed by atoms with Crippen molar-refractivity contribution in [1.82, 2.24) is 5.32 Å². The second kappa shape index (κ2) is 4.10. The van der Waals surface area contributed by atoms with Gasteiger partial charge in [-0.15, -0.1) is 0 Å². The molecule has 3 nitrogen and oxygen atoms in total. The number of carbonyl (C=O) groups is 1. The molecule has 0 spiro atoms. The molecule has 66 valence electrons. The number of rotatable bonds is 3. The average Bonchev–Trinajstić information content (AvgIpc) is 1.99. The summed E-state index contributed by atoms with van der Waals surface area (Å²) in [5.74, 6) is 1.05. The number of carbonyl (C=O) groups excluding carboxylic acids is 1. The van der Waals surface area contributed by atoms with Gasteiger partial charge in [-0.25, -0.2) is 0 Å². The third-order valence-electron chi connectivity index (χ3n) is 2.28. The predicted molar refractivity (Wildman–Crippen MR) is 45.1 cm³/mol. The van der Waals surface area contributed by atoms with Crippen LogP contribution < -0.4 is 5.32 Å². The molecule has 1 amide bonds. The molecule has 0 aromatic carbocycles. The standard InChI is InChI=1S/C9H14N2O/c1-7-5-8(6-7)9(12)11-4-2-3-10/h7-8H,2,4-6H2,1H3,(H,11,12). The molecule has 0 aliphatic heterocycles. The topological polar surface area (TPSA) is 52.9 Å². The van der Waals surface area contributed by atoms with Gasteiger partial charge in [-0.1, -0.05) is 6.92 Å². The molecule has 0 saturated heterocycles. The second-order valence-electron chi connectivity index (χ2n) is 3.47. The number of nitriles is 1. The van der Waals surface area contributed by atoms with Crippen LogP contribution in [0.25, 0.3) is 0 Å². The third-order valence-corrected chi connectivity index (χ3v) is 2.28. The molecular formula is C9H14N2O. The Labute approximate surface area is 72.8 Å². The molecule has 0 bridgehead atoms. The lowest BCUT2D eigenvalue weighted by Gasteiger charge is -2.31. The summed E-state index contributed by atoms with van der Waals surface area (Å²) in [6, 6.07) is 1.99. The van der Waals surface area contributed by atoms with Gasteiger partial charge in [-0.2, -0.15) is 5.26 Å². The van der Waals surface area contributed by atoms with Crippen molar-refractivity contribution in [2.24, 2.45) is 11.8 Å². The average molecular weight is 166 g/mol. The molecule has 12 heavy (non-hydrogen) atoms. The van der Waals surface area contributed by atoms with E-state index in [9.17, 15) is 4.79 Å². The summed E-state index contributed by atoms with van der Waals surface area (Å²) in [5.41, 5.74) is 0. The smallest absolute Gasteiger partial charge is 0.223 e. The van der Waals surface area contributed by atoms with Crippen LogP contribution in [0.15, 0.2) is 0 Å².